The van der Waals surface area contributed by atoms with Crippen LogP contribution in [0.25, 0.3) is 6.08 Å². The van der Waals surface area contributed by atoms with Crippen molar-refractivity contribution in [3.63, 3.8) is 0 Å². The Morgan fingerprint density at radius 1 is 1.12 bits per heavy atom. The number of rotatable bonds is 11. The van der Waals surface area contributed by atoms with Crippen LogP contribution in [0.15, 0.2) is 48.5 Å². The Bertz CT molecular complexity index is 944. The molecular weight excluding hydrogens is 476 g/mol. The number of carbonyl (C=O) groups is 2. The standard InChI is InChI=1S/C24H27Cl2NO5.Na/c1-24(2,14-32-15-31-3)17-12-10-16(11-13-17)6-4-9-20(23(29)30)27-22(28)21-18(25)7-5-8-19(21)26;/h4-8,10-13,20H,9,14-15H2,1-3H3,(H,27,28)(H,29,30);/q;+1/p-1/b6-4+;. The van der Waals surface area contributed by atoms with Crippen molar-refractivity contribution in [2.45, 2.75) is 31.7 Å². The van der Waals surface area contributed by atoms with E-state index in [1.54, 1.807) is 25.3 Å². The Labute approximate surface area is 226 Å². The van der Waals surface area contributed by atoms with Gasteiger partial charge in [0.15, 0.2) is 0 Å². The van der Waals surface area contributed by atoms with Gasteiger partial charge in [0, 0.05) is 12.5 Å². The summed E-state index contributed by atoms with van der Waals surface area (Å²) in [6.07, 6.45) is 3.48. The Hall–Kier alpha value is -1.38. The van der Waals surface area contributed by atoms with E-state index < -0.39 is 17.9 Å². The molecular formula is C24H26Cl2NNaO5. The number of amides is 1. The number of hydrogen-bond acceptors (Lipinski definition) is 5. The molecule has 1 amide bonds. The predicted molar refractivity (Wildman–Crippen MR) is 124 cm³/mol. The molecule has 0 aliphatic heterocycles. The van der Waals surface area contributed by atoms with Crippen molar-refractivity contribution in [1.29, 1.82) is 0 Å². The molecule has 2 aromatic carbocycles. The fraction of sp³-hybridized carbons (Fsp3) is 0.333. The fourth-order valence-corrected chi connectivity index (χ4v) is 3.58. The van der Waals surface area contributed by atoms with Crippen LogP contribution in [0.5, 0.6) is 0 Å². The van der Waals surface area contributed by atoms with Gasteiger partial charge in [0.1, 0.15) is 6.79 Å². The molecule has 2 aromatic rings. The molecule has 2 rings (SSSR count). The number of ether oxygens (including phenoxy) is 2. The van der Waals surface area contributed by atoms with Crippen molar-refractivity contribution in [3.8, 4) is 0 Å². The summed E-state index contributed by atoms with van der Waals surface area (Å²) in [7, 11) is 1.58. The molecule has 1 N–H and O–H groups in total. The van der Waals surface area contributed by atoms with Crippen molar-refractivity contribution in [2.75, 3.05) is 20.5 Å². The Balaban J connectivity index is 0.00000544. The van der Waals surface area contributed by atoms with Gasteiger partial charge in [-0.25, -0.2) is 0 Å². The summed E-state index contributed by atoms with van der Waals surface area (Å²) in [4.78, 5) is 23.9. The minimum absolute atomic E-state index is 0. The molecule has 0 heterocycles. The third-order valence-electron chi connectivity index (χ3n) is 4.82. The molecule has 0 aliphatic carbocycles. The number of methoxy groups -OCH3 is 1. The second-order valence-corrected chi connectivity index (χ2v) is 8.66. The smallest absolute Gasteiger partial charge is 0.548 e. The van der Waals surface area contributed by atoms with Crippen LogP contribution in [0.4, 0.5) is 0 Å². The third-order valence-corrected chi connectivity index (χ3v) is 5.45. The maximum Gasteiger partial charge on any atom is 1.00 e. The van der Waals surface area contributed by atoms with Crippen molar-refractivity contribution in [3.05, 3.63) is 75.3 Å². The van der Waals surface area contributed by atoms with Gasteiger partial charge in [-0.1, -0.05) is 79.5 Å². The number of hydrogen-bond donors (Lipinski definition) is 1. The number of carbonyl (C=O) groups excluding carboxylic acids is 2. The molecule has 1 atom stereocenters. The number of nitrogens with one attached hydrogen (secondary N) is 1. The van der Waals surface area contributed by atoms with E-state index in [9.17, 15) is 14.7 Å². The van der Waals surface area contributed by atoms with Gasteiger partial charge in [0.25, 0.3) is 5.91 Å². The Morgan fingerprint density at radius 3 is 2.27 bits per heavy atom. The van der Waals surface area contributed by atoms with E-state index >= 15 is 0 Å². The average molecular weight is 502 g/mol. The minimum atomic E-state index is -1.40. The number of carboxylic acid groups (broad SMARTS) is 1. The molecule has 172 valence electrons. The van der Waals surface area contributed by atoms with Crippen LogP contribution in [0.3, 0.4) is 0 Å². The molecule has 33 heavy (non-hydrogen) atoms. The van der Waals surface area contributed by atoms with E-state index in [1.807, 2.05) is 24.3 Å². The summed E-state index contributed by atoms with van der Waals surface area (Å²) < 4.78 is 10.4. The van der Waals surface area contributed by atoms with Crippen molar-refractivity contribution in [2.24, 2.45) is 0 Å². The third kappa shape index (κ3) is 9.06. The average Bonchev–Trinajstić information content (AvgIpc) is 2.73. The minimum Gasteiger partial charge on any atom is -0.548 e. The van der Waals surface area contributed by atoms with Gasteiger partial charge in [0.05, 0.1) is 34.2 Å². The topological polar surface area (TPSA) is 87.7 Å². The van der Waals surface area contributed by atoms with E-state index in [0.717, 1.165) is 11.1 Å². The summed E-state index contributed by atoms with van der Waals surface area (Å²) in [6.45, 7) is 4.90. The van der Waals surface area contributed by atoms with Crippen molar-refractivity contribution < 1.29 is 53.7 Å². The first-order valence-corrected chi connectivity index (χ1v) is 10.7. The van der Waals surface area contributed by atoms with Gasteiger partial charge in [0.2, 0.25) is 0 Å². The molecule has 0 spiro atoms. The van der Waals surface area contributed by atoms with Gasteiger partial charge < -0.3 is 24.7 Å². The summed E-state index contributed by atoms with van der Waals surface area (Å²) >= 11 is 12.0. The van der Waals surface area contributed by atoms with E-state index in [-0.39, 0.29) is 63.8 Å². The molecule has 0 saturated carbocycles. The zero-order chi connectivity index (χ0) is 23.7. The van der Waals surface area contributed by atoms with Gasteiger partial charge >= 0.3 is 29.6 Å². The van der Waals surface area contributed by atoms with Gasteiger partial charge in [-0.15, -0.1) is 0 Å². The van der Waals surface area contributed by atoms with E-state index in [1.165, 1.54) is 12.1 Å². The van der Waals surface area contributed by atoms with Crippen LogP contribution in [0, 0.1) is 0 Å². The number of halogens is 2. The Kier molecular flexibility index (Phi) is 12.7. The summed E-state index contributed by atoms with van der Waals surface area (Å²) in [5.74, 6) is -2.08. The van der Waals surface area contributed by atoms with Crippen molar-refractivity contribution in [1.82, 2.24) is 5.32 Å². The quantitative estimate of drug-likeness (QED) is 0.280. The summed E-state index contributed by atoms with van der Waals surface area (Å²) in [5, 5.41) is 14.2. The number of aliphatic carboxylic acids is 1. The van der Waals surface area contributed by atoms with Crippen molar-refractivity contribution >= 4 is 41.2 Å². The fourth-order valence-electron chi connectivity index (χ4n) is 3.01. The van der Waals surface area contributed by atoms with E-state index in [2.05, 4.69) is 19.2 Å². The molecule has 0 saturated heterocycles. The molecule has 9 heteroatoms. The Morgan fingerprint density at radius 2 is 1.73 bits per heavy atom. The first-order valence-electron chi connectivity index (χ1n) is 9.95. The number of carboxylic acids is 1. The molecule has 0 radical (unpaired) electrons. The number of benzene rings is 2. The zero-order valence-electron chi connectivity index (χ0n) is 19.2. The molecule has 0 aliphatic rings. The first kappa shape index (κ1) is 29.7. The van der Waals surface area contributed by atoms with Crippen LogP contribution in [-0.4, -0.2) is 38.4 Å². The maximum atomic E-state index is 12.4. The van der Waals surface area contributed by atoms with Crippen LogP contribution in [0.2, 0.25) is 10.0 Å². The van der Waals surface area contributed by atoms with Gasteiger partial charge in [-0.3, -0.25) is 4.79 Å². The maximum absolute atomic E-state index is 12.4. The van der Waals surface area contributed by atoms with E-state index in [4.69, 9.17) is 32.7 Å². The molecule has 0 bridgehead atoms. The van der Waals surface area contributed by atoms with Crippen LogP contribution in [-0.2, 0) is 19.7 Å². The van der Waals surface area contributed by atoms with Gasteiger partial charge in [-0.2, -0.15) is 0 Å². The summed E-state index contributed by atoms with van der Waals surface area (Å²) in [6, 6.07) is 11.2. The zero-order valence-corrected chi connectivity index (χ0v) is 22.7. The molecule has 6 nitrogen and oxygen atoms in total. The molecule has 0 aromatic heterocycles. The van der Waals surface area contributed by atoms with Crippen LogP contribution < -0.4 is 40.0 Å². The van der Waals surface area contributed by atoms with Gasteiger partial charge in [-0.05, 0) is 29.7 Å². The first-order chi connectivity index (χ1) is 15.2. The second-order valence-electron chi connectivity index (χ2n) is 7.84. The van der Waals surface area contributed by atoms with E-state index in [0.29, 0.717) is 6.61 Å². The molecule has 1 unspecified atom stereocenters. The normalized spacial score (nSPS) is 12.3. The predicted octanol–water partition coefficient (Wildman–Crippen LogP) is 0.847. The monoisotopic (exact) mass is 501 g/mol. The SMILES string of the molecule is COCOCC(C)(C)c1ccc(/C=C/CC(NC(=O)c2c(Cl)cccc2Cl)C(=O)[O-])cc1.[Na+]. The van der Waals surface area contributed by atoms with Crippen LogP contribution >= 0.6 is 23.2 Å². The largest absolute Gasteiger partial charge is 1.00 e. The second kappa shape index (κ2) is 14.1. The molecule has 0 fully saturated rings. The van der Waals surface area contributed by atoms with Crippen LogP contribution in [0.1, 0.15) is 41.8 Å². The summed E-state index contributed by atoms with van der Waals surface area (Å²) in [5.41, 5.74) is 1.83.